The first kappa shape index (κ1) is 13.7. The fraction of sp³-hybridized carbons (Fsp3) is 0.250. The zero-order chi connectivity index (χ0) is 14.7. The van der Waals surface area contributed by atoms with Gasteiger partial charge < -0.3 is 14.8 Å². The normalized spacial score (nSPS) is 13.3. The van der Waals surface area contributed by atoms with Crippen LogP contribution in [-0.2, 0) is 6.54 Å². The zero-order valence-corrected chi connectivity index (χ0v) is 11.3. The number of hydrogen-bond acceptors (Lipinski definition) is 3. The first-order valence-corrected chi connectivity index (χ1v) is 6.73. The van der Waals surface area contributed by atoms with Gasteiger partial charge in [-0.3, -0.25) is 0 Å². The molecule has 2 aromatic rings. The Morgan fingerprint density at radius 3 is 2.62 bits per heavy atom. The number of rotatable bonds is 4. The second-order valence-electron chi connectivity index (χ2n) is 4.76. The Hall–Kier alpha value is -2.30. The number of hydrogen-bond donors (Lipinski definition) is 1. The monoisotopic (exact) mass is 291 g/mol. The molecule has 0 amide bonds. The van der Waals surface area contributed by atoms with E-state index in [1.807, 2.05) is 24.3 Å². The van der Waals surface area contributed by atoms with Crippen molar-refractivity contribution >= 4 is 5.69 Å². The molecule has 1 aliphatic heterocycles. The van der Waals surface area contributed by atoms with Crippen LogP contribution in [0.25, 0.3) is 0 Å². The van der Waals surface area contributed by atoms with Crippen molar-refractivity contribution in [1.82, 2.24) is 0 Å². The van der Waals surface area contributed by atoms with Crippen LogP contribution in [0.4, 0.5) is 14.5 Å². The number of alkyl halides is 2. The SMILES string of the molecule is FC(F)c1cccc(CNc2ccc3c(c2)OCCO3)c1. The van der Waals surface area contributed by atoms with E-state index in [2.05, 4.69) is 5.32 Å². The highest BCUT2D eigenvalue weighted by Gasteiger charge is 2.11. The van der Waals surface area contributed by atoms with Crippen LogP contribution >= 0.6 is 0 Å². The molecule has 3 rings (SSSR count). The van der Waals surface area contributed by atoms with E-state index in [-0.39, 0.29) is 5.56 Å². The van der Waals surface area contributed by atoms with Gasteiger partial charge in [0.05, 0.1) is 0 Å². The van der Waals surface area contributed by atoms with Crippen molar-refractivity contribution in [3.05, 3.63) is 53.6 Å². The summed E-state index contributed by atoms with van der Waals surface area (Å²) in [4.78, 5) is 0. The number of ether oxygens (including phenoxy) is 2. The van der Waals surface area contributed by atoms with Crippen molar-refractivity contribution in [2.24, 2.45) is 0 Å². The van der Waals surface area contributed by atoms with E-state index in [1.165, 1.54) is 12.1 Å². The number of halogens is 2. The fourth-order valence-corrected chi connectivity index (χ4v) is 2.20. The van der Waals surface area contributed by atoms with Crippen LogP contribution in [-0.4, -0.2) is 13.2 Å². The van der Waals surface area contributed by atoms with E-state index < -0.39 is 6.43 Å². The molecule has 1 heterocycles. The fourth-order valence-electron chi connectivity index (χ4n) is 2.20. The van der Waals surface area contributed by atoms with Gasteiger partial charge in [0, 0.05) is 23.9 Å². The van der Waals surface area contributed by atoms with Gasteiger partial charge >= 0.3 is 0 Å². The third-order valence-electron chi connectivity index (χ3n) is 3.24. The van der Waals surface area contributed by atoms with Crippen LogP contribution in [0.3, 0.4) is 0 Å². The van der Waals surface area contributed by atoms with Crippen molar-refractivity contribution < 1.29 is 18.3 Å². The lowest BCUT2D eigenvalue weighted by Gasteiger charge is -2.19. The van der Waals surface area contributed by atoms with Crippen LogP contribution in [0.2, 0.25) is 0 Å². The number of benzene rings is 2. The van der Waals surface area contributed by atoms with Crippen LogP contribution in [0.15, 0.2) is 42.5 Å². The molecule has 21 heavy (non-hydrogen) atoms. The van der Waals surface area contributed by atoms with E-state index in [4.69, 9.17) is 9.47 Å². The topological polar surface area (TPSA) is 30.5 Å². The van der Waals surface area contributed by atoms with Gasteiger partial charge in [-0.25, -0.2) is 8.78 Å². The van der Waals surface area contributed by atoms with Crippen molar-refractivity contribution in [2.45, 2.75) is 13.0 Å². The Morgan fingerprint density at radius 2 is 1.81 bits per heavy atom. The lowest BCUT2D eigenvalue weighted by Crippen LogP contribution is -2.15. The minimum absolute atomic E-state index is 0.0384. The van der Waals surface area contributed by atoms with Crippen LogP contribution in [0.1, 0.15) is 17.6 Å². The third kappa shape index (κ3) is 3.24. The summed E-state index contributed by atoms with van der Waals surface area (Å²) in [5, 5.41) is 3.20. The summed E-state index contributed by atoms with van der Waals surface area (Å²) in [5.74, 6) is 1.43. The lowest BCUT2D eigenvalue weighted by molar-refractivity contribution is 0.151. The molecule has 0 saturated heterocycles. The molecule has 0 spiro atoms. The highest BCUT2D eigenvalue weighted by Crippen LogP contribution is 2.32. The Labute approximate surface area is 121 Å². The van der Waals surface area contributed by atoms with E-state index in [0.717, 1.165) is 17.0 Å². The van der Waals surface area contributed by atoms with Gasteiger partial charge in [-0.15, -0.1) is 0 Å². The van der Waals surface area contributed by atoms with Gasteiger partial charge in [0.15, 0.2) is 11.5 Å². The Balaban J connectivity index is 1.68. The number of anilines is 1. The van der Waals surface area contributed by atoms with Gasteiger partial charge in [0.25, 0.3) is 6.43 Å². The molecule has 0 bridgehead atoms. The molecule has 1 aliphatic rings. The first-order valence-electron chi connectivity index (χ1n) is 6.73. The second kappa shape index (κ2) is 5.99. The van der Waals surface area contributed by atoms with E-state index in [9.17, 15) is 8.78 Å². The molecule has 0 fully saturated rings. The summed E-state index contributed by atoms with van der Waals surface area (Å²) in [7, 11) is 0. The second-order valence-corrected chi connectivity index (χ2v) is 4.76. The summed E-state index contributed by atoms with van der Waals surface area (Å²) < 4.78 is 36.2. The van der Waals surface area contributed by atoms with E-state index >= 15 is 0 Å². The average Bonchev–Trinajstić information content (AvgIpc) is 2.53. The molecule has 110 valence electrons. The van der Waals surface area contributed by atoms with E-state index in [1.54, 1.807) is 6.07 Å². The van der Waals surface area contributed by atoms with Crippen LogP contribution < -0.4 is 14.8 Å². The van der Waals surface area contributed by atoms with E-state index in [0.29, 0.717) is 25.5 Å². The van der Waals surface area contributed by atoms with Gasteiger partial charge in [0.1, 0.15) is 13.2 Å². The molecule has 3 nitrogen and oxygen atoms in total. The largest absolute Gasteiger partial charge is 0.486 e. The maximum Gasteiger partial charge on any atom is 0.263 e. The van der Waals surface area contributed by atoms with Crippen molar-refractivity contribution in [2.75, 3.05) is 18.5 Å². The first-order chi connectivity index (χ1) is 10.2. The molecule has 2 aromatic carbocycles. The molecule has 0 aliphatic carbocycles. The van der Waals surface area contributed by atoms with Gasteiger partial charge in [0.2, 0.25) is 0 Å². The molecule has 0 unspecified atom stereocenters. The molecular weight excluding hydrogens is 276 g/mol. The quantitative estimate of drug-likeness (QED) is 0.923. The predicted molar refractivity (Wildman–Crippen MR) is 76.2 cm³/mol. The average molecular weight is 291 g/mol. The van der Waals surface area contributed by atoms with Gasteiger partial charge in [-0.2, -0.15) is 0 Å². The summed E-state index contributed by atoms with van der Waals surface area (Å²) in [6, 6.07) is 12.0. The molecule has 5 heteroatoms. The van der Waals surface area contributed by atoms with Crippen LogP contribution in [0, 0.1) is 0 Å². The molecule has 0 atom stereocenters. The maximum absolute atomic E-state index is 12.6. The zero-order valence-electron chi connectivity index (χ0n) is 11.3. The minimum Gasteiger partial charge on any atom is -0.486 e. The summed E-state index contributed by atoms with van der Waals surface area (Å²) >= 11 is 0. The minimum atomic E-state index is -2.45. The highest BCUT2D eigenvalue weighted by molar-refractivity contribution is 5.55. The Morgan fingerprint density at radius 1 is 1.00 bits per heavy atom. The van der Waals surface area contributed by atoms with Crippen molar-refractivity contribution in [3.8, 4) is 11.5 Å². The summed E-state index contributed by atoms with van der Waals surface area (Å²) in [5.41, 5.74) is 1.71. The Bertz CT molecular complexity index is 631. The molecular formula is C16H15F2NO2. The number of fused-ring (bicyclic) bond motifs is 1. The smallest absolute Gasteiger partial charge is 0.263 e. The van der Waals surface area contributed by atoms with Gasteiger partial charge in [-0.1, -0.05) is 18.2 Å². The standard InChI is InChI=1S/C16H15F2NO2/c17-16(18)12-3-1-2-11(8-12)10-19-13-4-5-14-15(9-13)21-7-6-20-14/h1-5,8-9,16,19H,6-7,10H2. The third-order valence-corrected chi connectivity index (χ3v) is 3.24. The molecule has 0 radical (unpaired) electrons. The molecule has 0 aromatic heterocycles. The lowest BCUT2D eigenvalue weighted by atomic mass is 10.1. The Kier molecular flexibility index (Phi) is 3.90. The molecule has 0 saturated carbocycles. The number of nitrogens with one attached hydrogen (secondary N) is 1. The van der Waals surface area contributed by atoms with Crippen molar-refractivity contribution in [1.29, 1.82) is 0 Å². The summed E-state index contributed by atoms with van der Waals surface area (Å²) in [6.45, 7) is 1.56. The maximum atomic E-state index is 12.6. The molecule has 1 N–H and O–H groups in total. The highest BCUT2D eigenvalue weighted by atomic mass is 19.3. The predicted octanol–water partition coefficient (Wildman–Crippen LogP) is 4.01. The van der Waals surface area contributed by atoms with Gasteiger partial charge in [-0.05, 0) is 23.8 Å². The van der Waals surface area contributed by atoms with Crippen molar-refractivity contribution in [3.63, 3.8) is 0 Å². The summed E-state index contributed by atoms with van der Waals surface area (Å²) in [6.07, 6.45) is -2.45. The van der Waals surface area contributed by atoms with Crippen LogP contribution in [0.5, 0.6) is 11.5 Å².